The van der Waals surface area contributed by atoms with Crippen LogP contribution in [-0.4, -0.2) is 32.9 Å². The lowest BCUT2D eigenvalue weighted by Gasteiger charge is -2.04. The van der Waals surface area contributed by atoms with Crippen LogP contribution >= 0.6 is 0 Å². The lowest BCUT2D eigenvalue weighted by molar-refractivity contribution is -0.385. The molecule has 0 amide bonds. The molecular formula is C6H10N4O3. The summed E-state index contributed by atoms with van der Waals surface area (Å²) in [5.41, 5.74) is 5.66. The Morgan fingerprint density at radius 2 is 2.54 bits per heavy atom. The average molecular weight is 186 g/mol. The SMILES string of the molecule is NC(CO)Cc1[nH]ncc1[N+](=O)[O-]. The maximum absolute atomic E-state index is 10.4. The first kappa shape index (κ1) is 9.62. The summed E-state index contributed by atoms with van der Waals surface area (Å²) in [5, 5.41) is 25.0. The molecule has 1 heterocycles. The highest BCUT2D eigenvalue weighted by Gasteiger charge is 2.17. The van der Waals surface area contributed by atoms with E-state index in [1.807, 2.05) is 0 Å². The molecule has 1 aromatic heterocycles. The number of nitrogens with zero attached hydrogens (tertiary/aromatic N) is 2. The number of aliphatic hydroxyl groups is 1. The van der Waals surface area contributed by atoms with E-state index in [-0.39, 0.29) is 18.7 Å². The van der Waals surface area contributed by atoms with E-state index in [2.05, 4.69) is 10.2 Å². The number of nitrogens with two attached hydrogens (primary N) is 1. The average Bonchev–Trinajstić information content (AvgIpc) is 2.52. The van der Waals surface area contributed by atoms with E-state index in [1.165, 1.54) is 0 Å². The summed E-state index contributed by atoms with van der Waals surface area (Å²) in [6, 6.07) is -0.501. The molecule has 1 aromatic rings. The van der Waals surface area contributed by atoms with Gasteiger partial charge in [-0.3, -0.25) is 15.2 Å². The van der Waals surface area contributed by atoms with Gasteiger partial charge in [0.25, 0.3) is 0 Å². The minimum absolute atomic E-state index is 0.0936. The Balaban J connectivity index is 2.76. The summed E-state index contributed by atoms with van der Waals surface area (Å²) in [6.07, 6.45) is 1.34. The van der Waals surface area contributed by atoms with Crippen LogP contribution in [0.4, 0.5) is 5.69 Å². The molecule has 1 unspecified atom stereocenters. The van der Waals surface area contributed by atoms with Gasteiger partial charge in [-0.25, -0.2) is 0 Å². The number of H-pyrrole nitrogens is 1. The number of aliphatic hydroxyl groups excluding tert-OH is 1. The summed E-state index contributed by atoms with van der Waals surface area (Å²) >= 11 is 0. The van der Waals surface area contributed by atoms with Crippen molar-refractivity contribution >= 4 is 5.69 Å². The van der Waals surface area contributed by atoms with Gasteiger partial charge in [0.05, 0.1) is 11.5 Å². The lowest BCUT2D eigenvalue weighted by Crippen LogP contribution is -2.27. The van der Waals surface area contributed by atoms with Crippen LogP contribution in [0.3, 0.4) is 0 Å². The summed E-state index contributed by atoms with van der Waals surface area (Å²) in [6.45, 7) is -0.212. The van der Waals surface area contributed by atoms with Gasteiger partial charge in [-0.2, -0.15) is 5.10 Å². The van der Waals surface area contributed by atoms with Crippen molar-refractivity contribution in [3.63, 3.8) is 0 Å². The highest BCUT2D eigenvalue weighted by molar-refractivity contribution is 5.32. The molecule has 0 aliphatic heterocycles. The summed E-state index contributed by atoms with van der Waals surface area (Å²) in [7, 11) is 0. The van der Waals surface area contributed by atoms with E-state index in [9.17, 15) is 10.1 Å². The Bertz CT molecular complexity index is 298. The van der Waals surface area contributed by atoms with E-state index in [4.69, 9.17) is 10.8 Å². The van der Waals surface area contributed by atoms with Gasteiger partial charge < -0.3 is 10.8 Å². The molecule has 0 aromatic carbocycles. The van der Waals surface area contributed by atoms with Crippen molar-refractivity contribution in [1.29, 1.82) is 0 Å². The second-order valence-corrected chi connectivity index (χ2v) is 2.64. The first-order chi connectivity index (χ1) is 6.15. The largest absolute Gasteiger partial charge is 0.395 e. The molecule has 1 rings (SSSR count). The molecule has 7 heteroatoms. The Labute approximate surface area is 73.7 Å². The lowest BCUT2D eigenvalue weighted by atomic mass is 10.1. The number of aromatic amines is 1. The molecule has 7 nitrogen and oxygen atoms in total. The minimum atomic E-state index is -0.539. The molecule has 0 bridgehead atoms. The predicted molar refractivity (Wildman–Crippen MR) is 44.0 cm³/mol. The van der Waals surface area contributed by atoms with Crippen LogP contribution in [0.2, 0.25) is 0 Å². The molecule has 0 saturated heterocycles. The zero-order valence-corrected chi connectivity index (χ0v) is 6.80. The normalized spacial score (nSPS) is 12.8. The highest BCUT2D eigenvalue weighted by atomic mass is 16.6. The molecule has 0 aliphatic carbocycles. The third-order valence-electron chi connectivity index (χ3n) is 1.59. The van der Waals surface area contributed by atoms with Gasteiger partial charge in [0.15, 0.2) is 0 Å². The Hall–Kier alpha value is -1.47. The molecule has 1 atom stereocenters. The van der Waals surface area contributed by atoms with Crippen molar-refractivity contribution in [2.75, 3.05) is 6.61 Å². The first-order valence-corrected chi connectivity index (χ1v) is 3.68. The van der Waals surface area contributed by atoms with Gasteiger partial charge in [-0.1, -0.05) is 0 Å². The number of rotatable bonds is 4. The summed E-state index contributed by atoms with van der Waals surface area (Å²) < 4.78 is 0. The standard InChI is InChI=1S/C6H10N4O3/c7-4(3-11)1-5-6(10(12)13)2-8-9-5/h2,4,11H,1,3,7H2,(H,8,9). The van der Waals surface area contributed by atoms with Gasteiger partial charge >= 0.3 is 5.69 Å². The van der Waals surface area contributed by atoms with Gasteiger partial charge in [-0.15, -0.1) is 0 Å². The molecule has 0 spiro atoms. The van der Waals surface area contributed by atoms with Gasteiger partial charge in [-0.05, 0) is 0 Å². The van der Waals surface area contributed by atoms with Crippen molar-refractivity contribution in [1.82, 2.24) is 10.2 Å². The number of aromatic nitrogens is 2. The molecule has 0 aliphatic rings. The molecule has 0 saturated carbocycles. The quantitative estimate of drug-likeness (QED) is 0.419. The fourth-order valence-corrected chi connectivity index (χ4v) is 0.941. The van der Waals surface area contributed by atoms with Crippen molar-refractivity contribution < 1.29 is 10.0 Å². The zero-order chi connectivity index (χ0) is 9.84. The predicted octanol–water partition coefficient (Wildman–Crippen LogP) is -0.820. The molecule has 72 valence electrons. The monoisotopic (exact) mass is 186 g/mol. The van der Waals surface area contributed by atoms with Crippen molar-refractivity contribution in [2.24, 2.45) is 5.73 Å². The Kier molecular flexibility index (Phi) is 2.93. The molecular weight excluding hydrogens is 176 g/mol. The van der Waals surface area contributed by atoms with Crippen LogP contribution in [0.15, 0.2) is 6.20 Å². The van der Waals surface area contributed by atoms with Crippen LogP contribution in [0.1, 0.15) is 5.69 Å². The minimum Gasteiger partial charge on any atom is -0.395 e. The topological polar surface area (TPSA) is 118 Å². The van der Waals surface area contributed by atoms with Crippen molar-refractivity contribution in [2.45, 2.75) is 12.5 Å². The van der Waals surface area contributed by atoms with Crippen LogP contribution in [0, 0.1) is 10.1 Å². The molecule has 0 radical (unpaired) electrons. The highest BCUT2D eigenvalue weighted by Crippen LogP contribution is 2.15. The van der Waals surface area contributed by atoms with E-state index >= 15 is 0 Å². The van der Waals surface area contributed by atoms with Crippen LogP contribution in [0.25, 0.3) is 0 Å². The molecule has 0 fully saturated rings. The smallest absolute Gasteiger partial charge is 0.309 e. The van der Waals surface area contributed by atoms with E-state index in [0.29, 0.717) is 5.69 Å². The van der Waals surface area contributed by atoms with Crippen molar-refractivity contribution in [3.05, 3.63) is 22.0 Å². The van der Waals surface area contributed by atoms with E-state index < -0.39 is 11.0 Å². The first-order valence-electron chi connectivity index (χ1n) is 3.68. The van der Waals surface area contributed by atoms with Gasteiger partial charge in [0, 0.05) is 12.5 Å². The fourth-order valence-electron chi connectivity index (χ4n) is 0.941. The third kappa shape index (κ3) is 2.23. The molecule has 4 N–H and O–H groups in total. The zero-order valence-electron chi connectivity index (χ0n) is 6.80. The number of hydrogen-bond donors (Lipinski definition) is 3. The Morgan fingerprint density at radius 1 is 1.85 bits per heavy atom. The summed E-state index contributed by atoms with van der Waals surface area (Å²) in [5.74, 6) is 0. The van der Waals surface area contributed by atoms with Gasteiger partial charge in [0.2, 0.25) is 0 Å². The fraction of sp³-hybridized carbons (Fsp3) is 0.500. The maximum Gasteiger partial charge on any atom is 0.309 e. The third-order valence-corrected chi connectivity index (χ3v) is 1.59. The molecule has 13 heavy (non-hydrogen) atoms. The van der Waals surface area contributed by atoms with Crippen molar-refractivity contribution in [3.8, 4) is 0 Å². The summed E-state index contributed by atoms with van der Waals surface area (Å²) in [4.78, 5) is 9.86. The maximum atomic E-state index is 10.4. The van der Waals surface area contributed by atoms with E-state index in [0.717, 1.165) is 6.20 Å². The number of nitrogens with one attached hydrogen (secondary N) is 1. The number of hydrogen-bond acceptors (Lipinski definition) is 5. The van der Waals surface area contributed by atoms with Crippen LogP contribution < -0.4 is 5.73 Å². The second kappa shape index (κ2) is 3.97. The van der Waals surface area contributed by atoms with E-state index in [1.54, 1.807) is 0 Å². The number of nitro groups is 1. The Morgan fingerprint density at radius 3 is 3.08 bits per heavy atom. The van der Waals surface area contributed by atoms with Crippen LogP contribution in [-0.2, 0) is 6.42 Å². The second-order valence-electron chi connectivity index (χ2n) is 2.64. The van der Waals surface area contributed by atoms with Gasteiger partial charge in [0.1, 0.15) is 11.9 Å². The van der Waals surface area contributed by atoms with Crippen LogP contribution in [0.5, 0.6) is 0 Å².